The maximum Gasteiger partial charge on any atom is 0.172 e. The standard InChI is InChI=1S/C6H13NO4/c1-2-4(8)5(9)3(7)6(10)11-2/h2-6,8-10H,7H2,1H3/t2-,3+,4-,5-,6+/m0/s1. The third kappa shape index (κ3) is 1.52. The summed E-state index contributed by atoms with van der Waals surface area (Å²) in [6.45, 7) is 1.56. The summed E-state index contributed by atoms with van der Waals surface area (Å²) in [5, 5.41) is 27.4. The third-order valence-corrected chi connectivity index (χ3v) is 1.91. The van der Waals surface area contributed by atoms with E-state index in [9.17, 15) is 5.11 Å². The molecule has 0 unspecified atom stereocenters. The number of hydrogen-bond acceptors (Lipinski definition) is 5. The van der Waals surface area contributed by atoms with E-state index >= 15 is 0 Å². The number of nitrogens with two attached hydrogens (primary N) is 1. The van der Waals surface area contributed by atoms with Crippen LogP contribution in [0.5, 0.6) is 0 Å². The van der Waals surface area contributed by atoms with Crippen LogP contribution in [-0.2, 0) is 4.74 Å². The summed E-state index contributed by atoms with van der Waals surface area (Å²) in [4.78, 5) is 0. The fourth-order valence-corrected chi connectivity index (χ4v) is 1.07. The van der Waals surface area contributed by atoms with E-state index in [2.05, 4.69) is 0 Å². The highest BCUT2D eigenvalue weighted by molar-refractivity contribution is 4.88. The number of aliphatic hydroxyl groups excluding tert-OH is 3. The first-order valence-corrected chi connectivity index (χ1v) is 3.49. The van der Waals surface area contributed by atoms with E-state index in [1.807, 2.05) is 0 Å². The minimum atomic E-state index is -1.19. The SMILES string of the molecule is C[C@@H]1O[C@@H](O)[C@H](N)[C@H](O)[C@H]1O. The molecular weight excluding hydrogens is 150 g/mol. The Kier molecular flexibility index (Phi) is 2.46. The Hall–Kier alpha value is -0.200. The van der Waals surface area contributed by atoms with Gasteiger partial charge in [0.2, 0.25) is 0 Å². The zero-order valence-corrected chi connectivity index (χ0v) is 6.21. The van der Waals surface area contributed by atoms with Crippen molar-refractivity contribution in [2.24, 2.45) is 5.73 Å². The van der Waals surface area contributed by atoms with Crippen molar-refractivity contribution < 1.29 is 20.1 Å². The minimum absolute atomic E-state index is 0.584. The van der Waals surface area contributed by atoms with Crippen molar-refractivity contribution in [1.29, 1.82) is 0 Å². The lowest BCUT2D eigenvalue weighted by atomic mass is 9.99. The summed E-state index contributed by atoms with van der Waals surface area (Å²) >= 11 is 0. The third-order valence-electron chi connectivity index (χ3n) is 1.91. The molecule has 5 atom stereocenters. The molecule has 5 heteroatoms. The van der Waals surface area contributed by atoms with Crippen LogP contribution in [0.4, 0.5) is 0 Å². The van der Waals surface area contributed by atoms with Crippen LogP contribution >= 0.6 is 0 Å². The van der Waals surface area contributed by atoms with Gasteiger partial charge in [0.05, 0.1) is 12.1 Å². The van der Waals surface area contributed by atoms with E-state index in [4.69, 9.17) is 20.7 Å². The van der Waals surface area contributed by atoms with Crippen LogP contribution in [0.1, 0.15) is 6.92 Å². The van der Waals surface area contributed by atoms with Crippen LogP contribution in [0.25, 0.3) is 0 Å². The van der Waals surface area contributed by atoms with Gasteiger partial charge in [-0.3, -0.25) is 0 Å². The van der Waals surface area contributed by atoms with Crippen molar-refractivity contribution in [1.82, 2.24) is 0 Å². The van der Waals surface area contributed by atoms with Gasteiger partial charge in [-0.1, -0.05) is 0 Å². The normalized spacial score (nSPS) is 52.6. The molecule has 0 aliphatic carbocycles. The van der Waals surface area contributed by atoms with E-state index in [1.165, 1.54) is 0 Å². The van der Waals surface area contributed by atoms with Crippen LogP contribution in [-0.4, -0.2) is 46.0 Å². The van der Waals surface area contributed by atoms with Gasteiger partial charge in [0.15, 0.2) is 6.29 Å². The maximum absolute atomic E-state index is 9.17. The van der Waals surface area contributed by atoms with Crippen LogP contribution < -0.4 is 5.73 Å². The second-order valence-corrected chi connectivity index (χ2v) is 2.79. The molecule has 0 bridgehead atoms. The molecule has 1 heterocycles. The molecule has 1 saturated heterocycles. The van der Waals surface area contributed by atoms with Crippen molar-refractivity contribution >= 4 is 0 Å². The lowest BCUT2D eigenvalue weighted by Crippen LogP contribution is -2.60. The van der Waals surface area contributed by atoms with Gasteiger partial charge < -0.3 is 25.8 Å². The summed E-state index contributed by atoms with van der Waals surface area (Å²) in [6.07, 6.45) is -3.91. The quantitative estimate of drug-likeness (QED) is 0.324. The predicted molar refractivity (Wildman–Crippen MR) is 36.5 cm³/mol. The molecule has 1 fully saturated rings. The zero-order valence-electron chi connectivity index (χ0n) is 6.21. The first kappa shape index (κ1) is 8.89. The largest absolute Gasteiger partial charge is 0.388 e. The van der Waals surface area contributed by atoms with E-state index in [0.29, 0.717) is 0 Å². The van der Waals surface area contributed by atoms with Crippen molar-refractivity contribution in [3.8, 4) is 0 Å². The Bertz CT molecular complexity index is 129. The van der Waals surface area contributed by atoms with E-state index < -0.39 is 30.6 Å². The molecule has 0 radical (unpaired) electrons. The summed E-state index contributed by atoms with van der Waals surface area (Å²) in [5.74, 6) is 0. The molecule has 0 aromatic carbocycles. The highest BCUT2D eigenvalue weighted by Crippen LogP contribution is 2.17. The van der Waals surface area contributed by atoms with E-state index in [-0.39, 0.29) is 0 Å². The fraction of sp³-hybridized carbons (Fsp3) is 1.00. The fourth-order valence-electron chi connectivity index (χ4n) is 1.07. The van der Waals surface area contributed by atoms with Gasteiger partial charge in [0.25, 0.3) is 0 Å². The molecule has 5 nitrogen and oxygen atoms in total. The molecule has 5 N–H and O–H groups in total. The first-order valence-electron chi connectivity index (χ1n) is 3.49. The first-order chi connectivity index (χ1) is 5.04. The molecule has 0 saturated carbocycles. The molecule has 1 rings (SSSR count). The lowest BCUT2D eigenvalue weighted by molar-refractivity contribution is -0.236. The highest BCUT2D eigenvalue weighted by Gasteiger charge is 2.39. The smallest absolute Gasteiger partial charge is 0.172 e. The Balaban J connectivity index is 2.63. The number of hydrogen-bond donors (Lipinski definition) is 4. The van der Waals surface area contributed by atoms with Gasteiger partial charge >= 0.3 is 0 Å². The summed E-state index contributed by atoms with van der Waals surface area (Å²) in [5.41, 5.74) is 5.29. The van der Waals surface area contributed by atoms with Crippen LogP contribution in [0, 0.1) is 0 Å². The Morgan fingerprint density at radius 1 is 1.18 bits per heavy atom. The van der Waals surface area contributed by atoms with Crippen molar-refractivity contribution in [3.63, 3.8) is 0 Å². The average Bonchev–Trinajstić information content (AvgIpc) is 1.97. The number of ether oxygens (including phenoxy) is 1. The molecule has 0 spiro atoms. The van der Waals surface area contributed by atoms with Crippen LogP contribution in [0.3, 0.4) is 0 Å². The molecule has 0 amide bonds. The molecule has 1 aliphatic heterocycles. The van der Waals surface area contributed by atoms with Crippen LogP contribution in [0.15, 0.2) is 0 Å². The van der Waals surface area contributed by atoms with Gasteiger partial charge in [-0.2, -0.15) is 0 Å². The van der Waals surface area contributed by atoms with Gasteiger partial charge in [-0.15, -0.1) is 0 Å². The zero-order chi connectivity index (χ0) is 8.59. The van der Waals surface area contributed by atoms with Crippen LogP contribution in [0.2, 0.25) is 0 Å². The lowest BCUT2D eigenvalue weighted by Gasteiger charge is -2.37. The molecule has 66 valence electrons. The summed E-state index contributed by atoms with van der Waals surface area (Å²) < 4.78 is 4.80. The van der Waals surface area contributed by atoms with Crippen molar-refractivity contribution in [2.75, 3.05) is 0 Å². The van der Waals surface area contributed by atoms with Gasteiger partial charge in [0, 0.05) is 0 Å². The molecule has 1 aliphatic rings. The molecular formula is C6H13NO4. The van der Waals surface area contributed by atoms with E-state index in [0.717, 1.165) is 0 Å². The van der Waals surface area contributed by atoms with Gasteiger partial charge in [0.1, 0.15) is 12.2 Å². The van der Waals surface area contributed by atoms with Gasteiger partial charge in [-0.25, -0.2) is 0 Å². The topological polar surface area (TPSA) is 95.9 Å². The molecule has 0 aromatic heterocycles. The van der Waals surface area contributed by atoms with Gasteiger partial charge in [-0.05, 0) is 6.92 Å². The Morgan fingerprint density at radius 3 is 2.27 bits per heavy atom. The Morgan fingerprint density at radius 2 is 1.73 bits per heavy atom. The molecule has 11 heavy (non-hydrogen) atoms. The number of rotatable bonds is 0. The highest BCUT2D eigenvalue weighted by atomic mass is 16.6. The molecule has 0 aromatic rings. The predicted octanol–water partition coefficient (Wildman–Crippen LogP) is -2.23. The Labute approximate surface area is 64.4 Å². The maximum atomic E-state index is 9.17. The minimum Gasteiger partial charge on any atom is -0.388 e. The number of aliphatic hydroxyl groups is 3. The summed E-state index contributed by atoms with van der Waals surface area (Å²) in [6, 6.07) is -0.929. The monoisotopic (exact) mass is 163 g/mol. The van der Waals surface area contributed by atoms with Crippen molar-refractivity contribution in [3.05, 3.63) is 0 Å². The van der Waals surface area contributed by atoms with Crippen molar-refractivity contribution in [2.45, 2.75) is 37.6 Å². The summed E-state index contributed by atoms with van der Waals surface area (Å²) in [7, 11) is 0. The average molecular weight is 163 g/mol. The second kappa shape index (κ2) is 3.04. The van der Waals surface area contributed by atoms with E-state index in [1.54, 1.807) is 6.92 Å². The second-order valence-electron chi connectivity index (χ2n) is 2.79.